The number of nitriles is 1. The number of aromatic amines is 1. The Bertz CT molecular complexity index is 1120. The number of hydrogen-bond donors (Lipinski definition) is 2. The number of hydrogen-bond acceptors (Lipinski definition) is 4. The molecule has 0 aliphatic carbocycles. The van der Waals surface area contributed by atoms with E-state index >= 15 is 0 Å². The summed E-state index contributed by atoms with van der Waals surface area (Å²) in [5, 5.41) is 13.7. The van der Waals surface area contributed by atoms with E-state index in [0.717, 1.165) is 49.1 Å². The Labute approximate surface area is 185 Å². The van der Waals surface area contributed by atoms with Crippen LogP contribution in [-0.4, -0.2) is 40.2 Å². The van der Waals surface area contributed by atoms with Crippen LogP contribution in [0, 0.1) is 18.3 Å². The molecule has 0 amide bonds. The molecule has 1 aromatic carbocycles. The van der Waals surface area contributed by atoms with Gasteiger partial charge in [0.1, 0.15) is 11.8 Å². The second kappa shape index (κ2) is 9.21. The number of aryl methyl sites for hydroxylation is 2. The first-order valence-electron chi connectivity index (χ1n) is 10.8. The third-order valence-corrected chi connectivity index (χ3v) is 6.14. The number of benzene rings is 1. The van der Waals surface area contributed by atoms with Crippen LogP contribution in [0.3, 0.4) is 0 Å². The molecule has 0 radical (unpaired) electrons. The zero-order valence-corrected chi connectivity index (χ0v) is 18.0. The molecule has 4 rings (SSSR count). The van der Waals surface area contributed by atoms with E-state index in [1.165, 1.54) is 11.1 Å². The number of fused-ring (bicyclic) bond motifs is 1. The van der Waals surface area contributed by atoms with Crippen LogP contribution >= 0.6 is 0 Å². The van der Waals surface area contributed by atoms with Gasteiger partial charge in [0.25, 0.3) is 0 Å². The summed E-state index contributed by atoms with van der Waals surface area (Å²) in [6.45, 7) is 4.84. The topological polar surface area (TPSA) is 67.7 Å². The Morgan fingerprint density at radius 2 is 2.00 bits per heavy atom. The Kier molecular flexibility index (Phi) is 6.38. The molecule has 0 unspecified atom stereocenters. The van der Waals surface area contributed by atoms with E-state index in [2.05, 4.69) is 39.2 Å². The van der Waals surface area contributed by atoms with Crippen LogP contribution in [0.25, 0.3) is 10.9 Å². The van der Waals surface area contributed by atoms with Crippen LogP contribution in [0.5, 0.6) is 0 Å². The number of H-pyrrole nitrogens is 1. The predicted molar refractivity (Wildman–Crippen MR) is 118 cm³/mol. The highest BCUT2D eigenvalue weighted by atomic mass is 19.4. The molecule has 2 aromatic heterocycles. The van der Waals surface area contributed by atoms with Gasteiger partial charge < -0.3 is 10.3 Å². The lowest BCUT2D eigenvalue weighted by atomic mass is 10.0. The van der Waals surface area contributed by atoms with Crippen LogP contribution in [0.15, 0.2) is 36.5 Å². The van der Waals surface area contributed by atoms with E-state index in [0.29, 0.717) is 11.4 Å². The zero-order chi connectivity index (χ0) is 22.7. The summed E-state index contributed by atoms with van der Waals surface area (Å²) in [4.78, 5) is 9.61. The lowest BCUT2D eigenvalue weighted by Crippen LogP contribution is -2.38. The van der Waals surface area contributed by atoms with E-state index in [4.69, 9.17) is 5.26 Å². The molecule has 0 bridgehead atoms. The highest BCUT2D eigenvalue weighted by Crippen LogP contribution is 2.26. The molecule has 0 atom stereocenters. The van der Waals surface area contributed by atoms with Crippen molar-refractivity contribution in [3.63, 3.8) is 0 Å². The molecule has 0 saturated carbocycles. The number of piperidine rings is 1. The van der Waals surface area contributed by atoms with Crippen molar-refractivity contribution in [3.05, 3.63) is 59.0 Å². The SMILES string of the molecule is Cc1c(CN2CCC(Nc3ccnc(CCC(F)(F)F)c3)CC2)ccc2[nH]c(C#N)cc12. The first-order chi connectivity index (χ1) is 15.3. The maximum absolute atomic E-state index is 12.5. The number of halogens is 3. The molecule has 0 spiro atoms. The van der Waals surface area contributed by atoms with Gasteiger partial charge >= 0.3 is 6.18 Å². The first-order valence-corrected chi connectivity index (χ1v) is 10.8. The van der Waals surface area contributed by atoms with Crippen LogP contribution in [0.4, 0.5) is 18.9 Å². The fourth-order valence-electron chi connectivity index (χ4n) is 4.31. The smallest absolute Gasteiger partial charge is 0.382 e. The van der Waals surface area contributed by atoms with Gasteiger partial charge in [0.15, 0.2) is 0 Å². The minimum atomic E-state index is -4.17. The number of rotatable bonds is 6. The standard InChI is InChI=1S/C24H26F3N5/c1-16-17(2-3-23-22(16)13-21(14-28)31-23)15-32-10-6-18(7-11-32)30-20-5-9-29-19(12-20)4-8-24(25,26)27/h2-3,5,9,12-13,18,31H,4,6-8,10-11,15H2,1H3,(H,29,30). The second-order valence-corrected chi connectivity index (χ2v) is 8.45. The zero-order valence-electron chi connectivity index (χ0n) is 18.0. The van der Waals surface area contributed by atoms with E-state index in [9.17, 15) is 13.2 Å². The fraction of sp³-hybridized carbons (Fsp3) is 0.417. The fourth-order valence-corrected chi connectivity index (χ4v) is 4.31. The summed E-state index contributed by atoms with van der Waals surface area (Å²) in [6.07, 6.45) is -1.62. The molecule has 1 aliphatic rings. The summed E-state index contributed by atoms with van der Waals surface area (Å²) in [7, 11) is 0. The van der Waals surface area contributed by atoms with Crippen LogP contribution < -0.4 is 5.32 Å². The van der Waals surface area contributed by atoms with Crippen molar-refractivity contribution in [1.82, 2.24) is 14.9 Å². The normalized spacial score (nSPS) is 15.7. The summed E-state index contributed by atoms with van der Waals surface area (Å²) < 4.78 is 37.4. The predicted octanol–water partition coefficient (Wildman–Crippen LogP) is 5.31. The summed E-state index contributed by atoms with van der Waals surface area (Å²) in [5.74, 6) is 0. The van der Waals surface area contributed by atoms with Crippen molar-refractivity contribution < 1.29 is 13.2 Å². The van der Waals surface area contributed by atoms with E-state index < -0.39 is 12.6 Å². The maximum Gasteiger partial charge on any atom is 0.389 e. The lowest BCUT2D eigenvalue weighted by Gasteiger charge is -2.33. The molecule has 168 valence electrons. The average molecular weight is 442 g/mol. The van der Waals surface area contributed by atoms with E-state index in [-0.39, 0.29) is 12.5 Å². The highest BCUT2D eigenvalue weighted by Gasteiger charge is 2.27. The Morgan fingerprint density at radius 1 is 1.22 bits per heavy atom. The second-order valence-electron chi connectivity index (χ2n) is 8.45. The molecule has 1 saturated heterocycles. The van der Waals surface area contributed by atoms with Gasteiger partial charge in [-0.15, -0.1) is 0 Å². The van der Waals surface area contributed by atoms with Crippen molar-refractivity contribution >= 4 is 16.6 Å². The average Bonchev–Trinajstić information content (AvgIpc) is 3.20. The van der Waals surface area contributed by atoms with Gasteiger partial charge in [0.05, 0.1) is 0 Å². The lowest BCUT2D eigenvalue weighted by molar-refractivity contribution is -0.134. The largest absolute Gasteiger partial charge is 0.389 e. The minimum Gasteiger partial charge on any atom is -0.382 e. The van der Waals surface area contributed by atoms with Gasteiger partial charge in [-0.2, -0.15) is 18.4 Å². The quantitative estimate of drug-likeness (QED) is 0.544. The van der Waals surface area contributed by atoms with Crippen LogP contribution in [0.1, 0.15) is 41.8 Å². The molecule has 1 aliphatic heterocycles. The van der Waals surface area contributed by atoms with Crippen molar-refractivity contribution in [3.8, 4) is 6.07 Å². The molecule has 8 heteroatoms. The maximum atomic E-state index is 12.5. The molecular formula is C24H26F3N5. The molecule has 2 N–H and O–H groups in total. The van der Waals surface area contributed by atoms with Gasteiger partial charge in [-0.3, -0.25) is 9.88 Å². The molecule has 1 fully saturated rings. The Morgan fingerprint density at radius 3 is 2.72 bits per heavy atom. The van der Waals surface area contributed by atoms with E-state index in [1.54, 1.807) is 12.3 Å². The van der Waals surface area contributed by atoms with Crippen LogP contribution in [-0.2, 0) is 13.0 Å². The summed E-state index contributed by atoms with van der Waals surface area (Å²) in [5.41, 5.74) is 5.31. The number of aromatic nitrogens is 2. The number of nitrogens with zero attached hydrogens (tertiary/aromatic N) is 3. The van der Waals surface area contributed by atoms with Crippen molar-refractivity contribution in [1.29, 1.82) is 5.26 Å². The van der Waals surface area contributed by atoms with Gasteiger partial charge in [-0.1, -0.05) is 6.07 Å². The van der Waals surface area contributed by atoms with E-state index in [1.807, 2.05) is 18.2 Å². The Hall–Kier alpha value is -3.05. The molecule has 32 heavy (non-hydrogen) atoms. The van der Waals surface area contributed by atoms with Gasteiger partial charge in [0, 0.05) is 60.6 Å². The number of alkyl halides is 3. The summed E-state index contributed by atoms with van der Waals surface area (Å²) in [6, 6.07) is 12.0. The monoisotopic (exact) mass is 441 g/mol. The Balaban J connectivity index is 1.32. The molecule has 3 aromatic rings. The highest BCUT2D eigenvalue weighted by molar-refractivity contribution is 5.85. The van der Waals surface area contributed by atoms with Gasteiger partial charge in [0.2, 0.25) is 0 Å². The van der Waals surface area contributed by atoms with Crippen molar-refractivity contribution in [2.45, 2.75) is 51.4 Å². The summed E-state index contributed by atoms with van der Waals surface area (Å²) >= 11 is 0. The number of nitrogens with one attached hydrogen (secondary N) is 2. The number of pyridine rings is 1. The molecule has 5 nitrogen and oxygen atoms in total. The number of likely N-dealkylation sites (tertiary alicyclic amines) is 1. The van der Waals surface area contributed by atoms with Gasteiger partial charge in [-0.25, -0.2) is 0 Å². The first kappa shape index (κ1) is 22.2. The van der Waals surface area contributed by atoms with Crippen molar-refractivity contribution in [2.75, 3.05) is 18.4 Å². The molecule has 3 heterocycles. The third kappa shape index (κ3) is 5.40. The minimum absolute atomic E-state index is 0.0990. The van der Waals surface area contributed by atoms with Gasteiger partial charge in [-0.05, 0) is 61.6 Å². The van der Waals surface area contributed by atoms with Crippen molar-refractivity contribution in [2.24, 2.45) is 0 Å². The third-order valence-electron chi connectivity index (χ3n) is 6.14. The number of anilines is 1. The molecular weight excluding hydrogens is 415 g/mol. The van der Waals surface area contributed by atoms with Crippen LogP contribution in [0.2, 0.25) is 0 Å².